The smallest absolute Gasteiger partial charge is 0.144 e. The maximum absolute atomic E-state index is 12.8. The van der Waals surface area contributed by atoms with E-state index < -0.39 is 5.83 Å². The molecular weight excluding hydrogens is 148 g/mol. The van der Waals surface area contributed by atoms with Crippen molar-refractivity contribution in [3.8, 4) is 0 Å². The number of allylic oxidation sites excluding steroid dienone is 4. The Labute approximate surface area is 64.8 Å². The van der Waals surface area contributed by atoms with E-state index in [0.717, 1.165) is 6.08 Å². The zero-order valence-electron chi connectivity index (χ0n) is 6.45. The fraction of sp³-hybridized carbons (Fsp3) is 0.500. The first-order valence-corrected chi connectivity index (χ1v) is 3.72. The van der Waals surface area contributed by atoms with Crippen LogP contribution in [0.1, 0.15) is 19.8 Å². The van der Waals surface area contributed by atoms with Crippen molar-refractivity contribution in [3.63, 3.8) is 0 Å². The lowest BCUT2D eigenvalue weighted by atomic mass is 10.1. The van der Waals surface area contributed by atoms with E-state index in [1.165, 1.54) is 0 Å². The third kappa shape index (κ3) is 2.03. The molecule has 0 amide bonds. The topological polar surface area (TPSA) is 12.0 Å². The van der Waals surface area contributed by atoms with Gasteiger partial charge in [-0.3, -0.25) is 0 Å². The van der Waals surface area contributed by atoms with E-state index in [9.17, 15) is 8.78 Å². The van der Waals surface area contributed by atoms with Crippen LogP contribution in [0.15, 0.2) is 23.4 Å². The second-order valence-electron chi connectivity index (χ2n) is 2.45. The minimum absolute atomic E-state index is 0.315. The van der Waals surface area contributed by atoms with E-state index >= 15 is 0 Å². The summed E-state index contributed by atoms with van der Waals surface area (Å²) in [7, 11) is 0. The lowest BCUT2D eigenvalue weighted by Gasteiger charge is -2.12. The molecule has 0 aromatic heterocycles. The van der Waals surface area contributed by atoms with Gasteiger partial charge in [-0.2, -0.15) is 0 Å². The zero-order chi connectivity index (χ0) is 8.27. The molecule has 0 spiro atoms. The van der Waals surface area contributed by atoms with E-state index in [1.54, 1.807) is 0 Å². The van der Waals surface area contributed by atoms with E-state index in [0.29, 0.717) is 25.1 Å². The summed E-state index contributed by atoms with van der Waals surface area (Å²) in [4.78, 5) is 0. The van der Waals surface area contributed by atoms with Crippen LogP contribution in [0.5, 0.6) is 0 Å². The Morgan fingerprint density at radius 2 is 2.18 bits per heavy atom. The Bertz CT molecular complexity index is 202. The molecule has 0 atom stereocenters. The van der Waals surface area contributed by atoms with Crippen LogP contribution < -0.4 is 5.32 Å². The molecule has 0 saturated carbocycles. The van der Waals surface area contributed by atoms with Crippen LogP contribution in [0.4, 0.5) is 8.78 Å². The van der Waals surface area contributed by atoms with Crippen molar-refractivity contribution in [3.05, 3.63) is 23.4 Å². The molecule has 62 valence electrons. The fourth-order valence-corrected chi connectivity index (χ4v) is 1.05. The fourth-order valence-electron chi connectivity index (χ4n) is 1.05. The van der Waals surface area contributed by atoms with Gasteiger partial charge in [0.15, 0.2) is 0 Å². The minimum atomic E-state index is -0.462. The van der Waals surface area contributed by atoms with Gasteiger partial charge >= 0.3 is 0 Å². The summed E-state index contributed by atoms with van der Waals surface area (Å²) in [6.45, 7) is 2.56. The molecule has 0 aromatic carbocycles. The second-order valence-corrected chi connectivity index (χ2v) is 2.45. The summed E-state index contributed by atoms with van der Waals surface area (Å²) in [6, 6.07) is 0. The van der Waals surface area contributed by atoms with E-state index in [-0.39, 0.29) is 5.83 Å². The lowest BCUT2D eigenvalue weighted by molar-refractivity contribution is 0.531. The summed E-state index contributed by atoms with van der Waals surface area (Å²) in [6.07, 6.45) is 1.71. The molecule has 1 aliphatic rings. The average molecular weight is 159 g/mol. The first-order valence-electron chi connectivity index (χ1n) is 3.72. The third-order valence-corrected chi connectivity index (χ3v) is 1.58. The first-order chi connectivity index (χ1) is 5.24. The monoisotopic (exact) mass is 159 g/mol. The zero-order valence-corrected chi connectivity index (χ0v) is 6.45. The molecule has 3 heteroatoms. The largest absolute Gasteiger partial charge is 0.386 e. The summed E-state index contributed by atoms with van der Waals surface area (Å²) in [5, 5.41) is 2.85. The normalized spacial score (nSPS) is 18.3. The Morgan fingerprint density at radius 1 is 1.45 bits per heavy atom. The van der Waals surface area contributed by atoms with Crippen LogP contribution in [-0.4, -0.2) is 6.54 Å². The molecule has 0 heterocycles. The highest BCUT2D eigenvalue weighted by molar-refractivity contribution is 5.25. The molecule has 0 fully saturated rings. The molecule has 0 aromatic rings. The van der Waals surface area contributed by atoms with Gasteiger partial charge < -0.3 is 5.32 Å². The van der Waals surface area contributed by atoms with Crippen molar-refractivity contribution in [2.24, 2.45) is 0 Å². The minimum Gasteiger partial charge on any atom is -0.386 e. The molecule has 1 rings (SSSR count). The summed E-state index contributed by atoms with van der Waals surface area (Å²) < 4.78 is 25.2. The molecule has 1 nitrogen and oxygen atoms in total. The molecule has 0 radical (unpaired) electrons. The van der Waals surface area contributed by atoms with Crippen LogP contribution in [0.2, 0.25) is 0 Å². The molecule has 1 N–H and O–H groups in total. The van der Waals surface area contributed by atoms with Gasteiger partial charge in [0.25, 0.3) is 0 Å². The van der Waals surface area contributed by atoms with Crippen LogP contribution in [0.3, 0.4) is 0 Å². The average Bonchev–Trinajstić information content (AvgIpc) is 1.95. The lowest BCUT2D eigenvalue weighted by Crippen LogP contribution is -2.15. The van der Waals surface area contributed by atoms with Gasteiger partial charge in [0.1, 0.15) is 11.7 Å². The van der Waals surface area contributed by atoms with Crippen LogP contribution in [-0.2, 0) is 0 Å². The van der Waals surface area contributed by atoms with Gasteiger partial charge in [-0.1, -0.05) is 0 Å². The predicted molar refractivity (Wildman–Crippen MR) is 40.2 cm³/mol. The molecule has 1 aliphatic carbocycles. The predicted octanol–water partition coefficient (Wildman–Crippen LogP) is 2.42. The summed E-state index contributed by atoms with van der Waals surface area (Å²) >= 11 is 0. The number of nitrogens with one attached hydrogen (secondary N) is 1. The molecule has 0 aliphatic heterocycles. The molecule has 0 saturated heterocycles. The number of hydrogen-bond donors (Lipinski definition) is 1. The van der Waals surface area contributed by atoms with E-state index in [4.69, 9.17) is 0 Å². The van der Waals surface area contributed by atoms with Gasteiger partial charge in [0.2, 0.25) is 0 Å². The molecule has 11 heavy (non-hydrogen) atoms. The summed E-state index contributed by atoms with van der Waals surface area (Å²) in [5.41, 5.74) is 0.522. The van der Waals surface area contributed by atoms with E-state index in [2.05, 4.69) is 5.32 Å². The van der Waals surface area contributed by atoms with Crippen molar-refractivity contribution in [2.75, 3.05) is 6.54 Å². The Hall–Kier alpha value is -0.860. The van der Waals surface area contributed by atoms with Gasteiger partial charge in [-0.25, -0.2) is 8.78 Å². The molecule has 0 unspecified atom stereocenters. The number of hydrogen-bond acceptors (Lipinski definition) is 1. The van der Waals surface area contributed by atoms with Crippen LogP contribution in [0.25, 0.3) is 0 Å². The Morgan fingerprint density at radius 3 is 2.73 bits per heavy atom. The molecule has 0 bridgehead atoms. The quantitative estimate of drug-likeness (QED) is 0.652. The third-order valence-electron chi connectivity index (χ3n) is 1.58. The van der Waals surface area contributed by atoms with Gasteiger partial charge in [0.05, 0.1) is 0 Å². The highest BCUT2D eigenvalue weighted by atomic mass is 19.1. The number of halogens is 2. The van der Waals surface area contributed by atoms with Gasteiger partial charge in [0, 0.05) is 24.7 Å². The van der Waals surface area contributed by atoms with Crippen molar-refractivity contribution in [2.45, 2.75) is 19.8 Å². The van der Waals surface area contributed by atoms with Crippen molar-refractivity contribution < 1.29 is 8.78 Å². The number of rotatable bonds is 2. The SMILES string of the molecule is CCNC1=C(F)C=C(F)CC1. The standard InChI is InChI=1S/C8H11F2N/c1-2-11-8-4-3-6(9)5-7(8)10/h5,11H,2-4H2,1H3. The van der Waals surface area contributed by atoms with Gasteiger partial charge in [-0.05, 0) is 13.3 Å². The highest BCUT2D eigenvalue weighted by Gasteiger charge is 2.11. The van der Waals surface area contributed by atoms with Crippen LogP contribution in [0, 0.1) is 0 Å². The highest BCUT2D eigenvalue weighted by Crippen LogP contribution is 2.23. The van der Waals surface area contributed by atoms with Crippen molar-refractivity contribution in [1.82, 2.24) is 5.32 Å². The Balaban J connectivity index is 2.69. The van der Waals surface area contributed by atoms with Crippen molar-refractivity contribution in [1.29, 1.82) is 0 Å². The maximum atomic E-state index is 12.8. The molecular formula is C8H11F2N. The summed E-state index contributed by atoms with van der Waals surface area (Å²) in [5.74, 6) is -0.834. The van der Waals surface area contributed by atoms with Crippen molar-refractivity contribution >= 4 is 0 Å². The first kappa shape index (κ1) is 8.24. The van der Waals surface area contributed by atoms with Gasteiger partial charge in [-0.15, -0.1) is 0 Å². The second kappa shape index (κ2) is 3.51. The van der Waals surface area contributed by atoms with Crippen LogP contribution >= 0.6 is 0 Å². The van der Waals surface area contributed by atoms with E-state index in [1.807, 2.05) is 6.92 Å². The Kier molecular flexibility index (Phi) is 2.63. The maximum Gasteiger partial charge on any atom is 0.144 e.